The van der Waals surface area contributed by atoms with Gasteiger partial charge in [-0.3, -0.25) is 0 Å². The molecule has 0 saturated heterocycles. The molecule has 2 rings (SSSR count). The zero-order valence-electron chi connectivity index (χ0n) is 9.50. The maximum absolute atomic E-state index is 11.9. The van der Waals surface area contributed by atoms with Gasteiger partial charge >= 0.3 is 12.2 Å². The summed E-state index contributed by atoms with van der Waals surface area (Å²) in [4.78, 5) is 11.2. The number of urea groups is 1. The molecule has 18 heavy (non-hydrogen) atoms. The highest BCUT2D eigenvalue weighted by Crippen LogP contribution is 2.40. The van der Waals surface area contributed by atoms with E-state index in [1.54, 1.807) is 5.32 Å². The molecule has 2 unspecified atom stereocenters. The molecule has 1 saturated carbocycles. The van der Waals surface area contributed by atoms with E-state index >= 15 is 0 Å². The van der Waals surface area contributed by atoms with Crippen molar-refractivity contribution in [2.75, 3.05) is 6.54 Å². The number of hydrogen-bond acceptors (Lipinski definition) is 1. The Labute approximate surface area is 102 Å². The second-order valence-electron chi connectivity index (χ2n) is 4.30. The molecular weight excluding hydrogens is 245 g/mol. The fourth-order valence-corrected chi connectivity index (χ4v) is 1.82. The molecule has 0 bridgehead atoms. The lowest BCUT2D eigenvalue weighted by atomic mass is 10.1. The first-order chi connectivity index (χ1) is 8.46. The summed E-state index contributed by atoms with van der Waals surface area (Å²) in [5.41, 5.74) is 1.10. The number of carbonyl (C=O) groups excluding carboxylic acids is 1. The van der Waals surface area contributed by atoms with Gasteiger partial charge in [-0.1, -0.05) is 30.3 Å². The molecule has 2 N–H and O–H groups in total. The third-order valence-electron chi connectivity index (χ3n) is 2.78. The summed E-state index contributed by atoms with van der Waals surface area (Å²) in [6.45, 7) is -1.30. The van der Waals surface area contributed by atoms with Gasteiger partial charge in [0.2, 0.25) is 0 Å². The largest absolute Gasteiger partial charge is 0.405 e. The van der Waals surface area contributed by atoms with Crippen LogP contribution >= 0.6 is 0 Å². The molecule has 0 heterocycles. The molecule has 1 fully saturated rings. The molecule has 1 aliphatic carbocycles. The fraction of sp³-hybridized carbons (Fsp3) is 0.417. The van der Waals surface area contributed by atoms with Crippen molar-refractivity contribution in [2.24, 2.45) is 0 Å². The van der Waals surface area contributed by atoms with E-state index in [0.29, 0.717) is 0 Å². The second-order valence-corrected chi connectivity index (χ2v) is 4.30. The summed E-state index contributed by atoms with van der Waals surface area (Å²) in [7, 11) is 0. The van der Waals surface area contributed by atoms with Gasteiger partial charge in [0, 0.05) is 12.0 Å². The maximum Gasteiger partial charge on any atom is 0.405 e. The Morgan fingerprint density at radius 2 is 1.94 bits per heavy atom. The van der Waals surface area contributed by atoms with Crippen molar-refractivity contribution < 1.29 is 18.0 Å². The van der Waals surface area contributed by atoms with Crippen LogP contribution in [-0.4, -0.2) is 24.8 Å². The molecule has 0 aromatic heterocycles. The van der Waals surface area contributed by atoms with Crippen molar-refractivity contribution in [3.63, 3.8) is 0 Å². The highest BCUT2D eigenvalue weighted by atomic mass is 19.4. The predicted molar refractivity (Wildman–Crippen MR) is 60.2 cm³/mol. The Morgan fingerprint density at radius 3 is 2.56 bits per heavy atom. The third kappa shape index (κ3) is 3.65. The van der Waals surface area contributed by atoms with Gasteiger partial charge in [-0.25, -0.2) is 4.79 Å². The molecule has 6 heteroatoms. The molecule has 0 radical (unpaired) electrons. The van der Waals surface area contributed by atoms with E-state index in [-0.39, 0.29) is 12.0 Å². The normalized spacial score (nSPS) is 22.4. The lowest BCUT2D eigenvalue weighted by Crippen LogP contribution is -2.41. The Bertz CT molecular complexity index is 419. The van der Waals surface area contributed by atoms with Crippen LogP contribution in [0.15, 0.2) is 30.3 Å². The van der Waals surface area contributed by atoms with Gasteiger partial charge in [-0.05, 0) is 12.0 Å². The minimum absolute atomic E-state index is 0.0689. The number of halogens is 3. The number of rotatable bonds is 3. The van der Waals surface area contributed by atoms with Crippen LogP contribution in [0.25, 0.3) is 0 Å². The van der Waals surface area contributed by atoms with Crippen LogP contribution in [0, 0.1) is 0 Å². The third-order valence-corrected chi connectivity index (χ3v) is 2.78. The first-order valence-corrected chi connectivity index (χ1v) is 5.62. The molecule has 1 aliphatic rings. The smallest absolute Gasteiger partial charge is 0.335 e. The van der Waals surface area contributed by atoms with Crippen molar-refractivity contribution in [2.45, 2.75) is 24.6 Å². The van der Waals surface area contributed by atoms with E-state index in [1.165, 1.54) is 0 Å². The summed E-state index contributed by atoms with van der Waals surface area (Å²) in [6.07, 6.45) is -3.61. The van der Waals surface area contributed by atoms with Gasteiger partial charge in [-0.2, -0.15) is 13.2 Å². The first-order valence-electron chi connectivity index (χ1n) is 5.62. The summed E-state index contributed by atoms with van der Waals surface area (Å²) < 4.78 is 35.6. The van der Waals surface area contributed by atoms with Gasteiger partial charge in [0.25, 0.3) is 0 Å². The maximum atomic E-state index is 11.9. The summed E-state index contributed by atoms with van der Waals surface area (Å²) >= 11 is 0. The average Bonchev–Trinajstić information content (AvgIpc) is 3.06. The molecule has 1 aromatic rings. The van der Waals surface area contributed by atoms with Gasteiger partial charge in [-0.15, -0.1) is 0 Å². The summed E-state index contributed by atoms with van der Waals surface area (Å²) in [6, 6.07) is 8.74. The van der Waals surface area contributed by atoms with Gasteiger partial charge < -0.3 is 10.6 Å². The van der Waals surface area contributed by atoms with Crippen molar-refractivity contribution in [3.05, 3.63) is 35.9 Å². The zero-order chi connectivity index (χ0) is 13.2. The zero-order valence-corrected chi connectivity index (χ0v) is 9.50. The average molecular weight is 258 g/mol. The minimum atomic E-state index is -4.38. The quantitative estimate of drug-likeness (QED) is 0.858. The van der Waals surface area contributed by atoms with Crippen molar-refractivity contribution in [1.29, 1.82) is 0 Å². The predicted octanol–water partition coefficient (Wildman–Crippen LogP) is 2.40. The number of hydrogen-bond donors (Lipinski definition) is 2. The van der Waals surface area contributed by atoms with Crippen LogP contribution in [-0.2, 0) is 0 Å². The van der Waals surface area contributed by atoms with Crippen LogP contribution in [0.5, 0.6) is 0 Å². The van der Waals surface area contributed by atoms with E-state index in [4.69, 9.17) is 0 Å². The molecule has 0 spiro atoms. The summed E-state index contributed by atoms with van der Waals surface area (Å²) in [5.74, 6) is 0.211. The van der Waals surface area contributed by atoms with Crippen LogP contribution < -0.4 is 10.6 Å². The molecular formula is C12H13F3N2O. The Morgan fingerprint density at radius 1 is 1.28 bits per heavy atom. The molecule has 2 amide bonds. The molecule has 1 aromatic carbocycles. The SMILES string of the molecule is O=C(NCC(F)(F)F)NC1CC1c1ccccc1. The highest BCUT2D eigenvalue weighted by Gasteiger charge is 2.39. The van der Waals surface area contributed by atoms with Crippen LogP contribution in [0.1, 0.15) is 17.9 Å². The highest BCUT2D eigenvalue weighted by molar-refractivity contribution is 5.74. The van der Waals surface area contributed by atoms with Crippen LogP contribution in [0.4, 0.5) is 18.0 Å². The molecule has 98 valence electrons. The van der Waals surface area contributed by atoms with Gasteiger partial charge in [0.05, 0.1) is 0 Å². The lowest BCUT2D eigenvalue weighted by Gasteiger charge is -2.09. The number of carbonyl (C=O) groups is 1. The van der Waals surface area contributed by atoms with Crippen LogP contribution in [0.2, 0.25) is 0 Å². The first kappa shape index (κ1) is 12.7. The van der Waals surface area contributed by atoms with Crippen molar-refractivity contribution >= 4 is 6.03 Å². The topological polar surface area (TPSA) is 41.1 Å². The molecule has 3 nitrogen and oxygen atoms in total. The molecule has 0 aliphatic heterocycles. The van der Waals surface area contributed by atoms with E-state index in [1.807, 2.05) is 30.3 Å². The van der Waals surface area contributed by atoms with Crippen molar-refractivity contribution in [1.82, 2.24) is 10.6 Å². The fourth-order valence-electron chi connectivity index (χ4n) is 1.82. The Kier molecular flexibility index (Phi) is 3.45. The number of amides is 2. The standard InChI is InChI=1S/C12H13F3N2O/c13-12(14,15)7-16-11(18)17-10-6-9(10)8-4-2-1-3-5-8/h1-5,9-10H,6-7H2,(H2,16,17,18). The number of benzene rings is 1. The number of nitrogens with one attached hydrogen (secondary N) is 2. The minimum Gasteiger partial charge on any atom is -0.335 e. The van der Waals surface area contributed by atoms with Gasteiger partial charge in [0.1, 0.15) is 6.54 Å². The van der Waals surface area contributed by atoms with Crippen LogP contribution in [0.3, 0.4) is 0 Å². The van der Waals surface area contributed by atoms with E-state index in [2.05, 4.69) is 5.32 Å². The van der Waals surface area contributed by atoms with Crippen molar-refractivity contribution in [3.8, 4) is 0 Å². The van der Waals surface area contributed by atoms with E-state index < -0.39 is 18.8 Å². The van der Waals surface area contributed by atoms with Gasteiger partial charge in [0.15, 0.2) is 0 Å². The second kappa shape index (κ2) is 4.88. The monoisotopic (exact) mass is 258 g/mol. The summed E-state index contributed by atoms with van der Waals surface area (Å²) in [5, 5.41) is 4.32. The molecule has 2 atom stereocenters. The van der Waals surface area contributed by atoms with E-state index in [9.17, 15) is 18.0 Å². The lowest BCUT2D eigenvalue weighted by molar-refractivity contribution is -0.122. The Balaban J connectivity index is 1.75. The number of alkyl halides is 3. The Hall–Kier alpha value is -1.72. The van der Waals surface area contributed by atoms with E-state index in [0.717, 1.165) is 12.0 Å².